The third-order valence-corrected chi connectivity index (χ3v) is 6.09. The second-order valence-corrected chi connectivity index (χ2v) is 8.82. The molecule has 1 fully saturated rings. The average Bonchev–Trinajstić information content (AvgIpc) is 3.14. The van der Waals surface area contributed by atoms with Crippen molar-refractivity contribution in [3.8, 4) is 11.1 Å². The van der Waals surface area contributed by atoms with Gasteiger partial charge in [-0.1, -0.05) is 32.0 Å². The second kappa shape index (κ2) is 7.48. The number of nitrogens with one attached hydrogen (secondary N) is 2. The Hall–Kier alpha value is -2.34. The van der Waals surface area contributed by atoms with E-state index in [0.717, 1.165) is 42.3 Å². The lowest BCUT2D eigenvalue weighted by Gasteiger charge is -2.34. The van der Waals surface area contributed by atoms with Crippen LogP contribution in [0, 0.1) is 5.41 Å². The SMILES string of the molecule is CC1(C)CCC(NCc2ccc(-c3ccc4nc[nH]c4c3)cc2C(F)(F)F)CC1. The number of hydrogen-bond donors (Lipinski definition) is 2. The van der Waals surface area contributed by atoms with Crippen molar-refractivity contribution in [2.24, 2.45) is 5.41 Å². The highest BCUT2D eigenvalue weighted by Crippen LogP contribution is 2.37. The van der Waals surface area contributed by atoms with Crippen LogP contribution in [0.5, 0.6) is 0 Å². The fourth-order valence-corrected chi connectivity index (χ4v) is 4.15. The minimum absolute atomic E-state index is 0.236. The van der Waals surface area contributed by atoms with Gasteiger partial charge in [0.25, 0.3) is 0 Å². The lowest BCUT2D eigenvalue weighted by Crippen LogP contribution is -2.35. The van der Waals surface area contributed by atoms with Crippen molar-refractivity contribution < 1.29 is 13.2 Å². The van der Waals surface area contributed by atoms with Crippen LogP contribution >= 0.6 is 0 Å². The molecule has 1 aliphatic rings. The summed E-state index contributed by atoms with van der Waals surface area (Å²) >= 11 is 0. The summed E-state index contributed by atoms with van der Waals surface area (Å²) in [6, 6.07) is 10.4. The van der Waals surface area contributed by atoms with Crippen molar-refractivity contribution in [3.05, 3.63) is 53.9 Å². The van der Waals surface area contributed by atoms with Crippen LogP contribution in [-0.2, 0) is 12.7 Å². The number of fused-ring (bicyclic) bond motifs is 1. The highest BCUT2D eigenvalue weighted by atomic mass is 19.4. The van der Waals surface area contributed by atoms with E-state index >= 15 is 0 Å². The van der Waals surface area contributed by atoms with Crippen LogP contribution in [-0.4, -0.2) is 16.0 Å². The Morgan fingerprint density at radius 1 is 1.07 bits per heavy atom. The van der Waals surface area contributed by atoms with Gasteiger partial charge in [0.2, 0.25) is 0 Å². The quantitative estimate of drug-likeness (QED) is 0.538. The van der Waals surface area contributed by atoms with Crippen molar-refractivity contribution in [1.29, 1.82) is 0 Å². The molecule has 29 heavy (non-hydrogen) atoms. The van der Waals surface area contributed by atoms with Crippen LogP contribution in [0.4, 0.5) is 13.2 Å². The predicted octanol–water partition coefficient (Wildman–Crippen LogP) is 6.31. The average molecular weight is 401 g/mol. The Bertz CT molecular complexity index is 994. The van der Waals surface area contributed by atoms with Crippen molar-refractivity contribution in [3.63, 3.8) is 0 Å². The summed E-state index contributed by atoms with van der Waals surface area (Å²) in [6.07, 6.45) is 1.42. The molecule has 2 N–H and O–H groups in total. The fraction of sp³-hybridized carbons (Fsp3) is 0.435. The van der Waals surface area contributed by atoms with E-state index in [1.807, 2.05) is 12.1 Å². The molecule has 154 valence electrons. The molecule has 1 saturated carbocycles. The topological polar surface area (TPSA) is 40.7 Å². The van der Waals surface area contributed by atoms with Crippen molar-refractivity contribution >= 4 is 11.0 Å². The Morgan fingerprint density at radius 2 is 1.76 bits per heavy atom. The van der Waals surface area contributed by atoms with Crippen molar-refractivity contribution in [2.75, 3.05) is 0 Å². The number of nitrogens with zero attached hydrogens (tertiary/aromatic N) is 1. The number of aromatic amines is 1. The van der Waals surface area contributed by atoms with Gasteiger partial charge in [-0.25, -0.2) is 4.98 Å². The number of benzene rings is 2. The third kappa shape index (κ3) is 4.47. The summed E-state index contributed by atoms with van der Waals surface area (Å²) in [5.74, 6) is 0. The van der Waals surface area contributed by atoms with Crippen LogP contribution in [0.1, 0.15) is 50.7 Å². The molecule has 0 radical (unpaired) electrons. The molecule has 1 heterocycles. The smallest absolute Gasteiger partial charge is 0.345 e. The molecule has 0 bridgehead atoms. The number of imidazole rings is 1. The molecule has 0 unspecified atom stereocenters. The number of H-pyrrole nitrogens is 1. The number of hydrogen-bond acceptors (Lipinski definition) is 2. The van der Waals surface area contributed by atoms with Gasteiger partial charge >= 0.3 is 6.18 Å². The second-order valence-electron chi connectivity index (χ2n) is 8.82. The van der Waals surface area contributed by atoms with Gasteiger partial charge in [-0.3, -0.25) is 0 Å². The summed E-state index contributed by atoms with van der Waals surface area (Å²) in [6.45, 7) is 4.74. The zero-order valence-electron chi connectivity index (χ0n) is 16.7. The normalized spacial score (nSPS) is 17.7. The molecule has 3 aromatic rings. The molecule has 0 amide bonds. The van der Waals surface area contributed by atoms with Gasteiger partial charge in [-0.05, 0) is 66.0 Å². The lowest BCUT2D eigenvalue weighted by atomic mass is 9.75. The molecule has 3 nitrogen and oxygen atoms in total. The zero-order valence-corrected chi connectivity index (χ0v) is 16.7. The summed E-state index contributed by atoms with van der Waals surface area (Å²) in [5, 5.41) is 3.35. The maximum atomic E-state index is 13.8. The Labute approximate surface area is 168 Å². The third-order valence-electron chi connectivity index (χ3n) is 6.09. The first kappa shape index (κ1) is 20.0. The van der Waals surface area contributed by atoms with Gasteiger partial charge in [-0.2, -0.15) is 13.2 Å². The number of alkyl halides is 3. The molecule has 0 saturated heterocycles. The maximum absolute atomic E-state index is 13.8. The fourth-order valence-electron chi connectivity index (χ4n) is 4.15. The van der Waals surface area contributed by atoms with Gasteiger partial charge in [0.15, 0.2) is 0 Å². The van der Waals surface area contributed by atoms with Crippen LogP contribution < -0.4 is 5.32 Å². The standard InChI is InChI=1S/C23H26F3N3/c1-22(2)9-7-18(8-10-22)27-13-17-4-3-15(11-19(17)23(24,25)26)16-5-6-20-21(12-16)29-14-28-20/h3-6,11-12,14,18,27H,7-10,13H2,1-2H3,(H,28,29). The first-order valence-corrected chi connectivity index (χ1v) is 10.1. The highest BCUT2D eigenvalue weighted by molar-refractivity contribution is 5.81. The minimum Gasteiger partial charge on any atom is -0.345 e. The van der Waals surface area contributed by atoms with E-state index in [2.05, 4.69) is 29.1 Å². The van der Waals surface area contributed by atoms with E-state index in [-0.39, 0.29) is 12.6 Å². The Morgan fingerprint density at radius 3 is 2.48 bits per heavy atom. The van der Waals surface area contributed by atoms with E-state index in [4.69, 9.17) is 0 Å². The van der Waals surface area contributed by atoms with Gasteiger partial charge in [0.05, 0.1) is 22.9 Å². The van der Waals surface area contributed by atoms with E-state index in [0.29, 0.717) is 16.5 Å². The number of aromatic nitrogens is 2. The van der Waals surface area contributed by atoms with Crippen molar-refractivity contribution in [2.45, 2.75) is 58.3 Å². The first-order valence-electron chi connectivity index (χ1n) is 10.1. The highest BCUT2D eigenvalue weighted by Gasteiger charge is 2.34. The van der Waals surface area contributed by atoms with Crippen LogP contribution in [0.25, 0.3) is 22.2 Å². The Balaban J connectivity index is 1.56. The van der Waals surface area contributed by atoms with Crippen molar-refractivity contribution in [1.82, 2.24) is 15.3 Å². The summed E-state index contributed by atoms with van der Waals surface area (Å²) in [5.41, 5.74) is 2.96. The van der Waals surface area contributed by atoms with Gasteiger partial charge < -0.3 is 10.3 Å². The van der Waals surface area contributed by atoms with Gasteiger partial charge in [0.1, 0.15) is 0 Å². The molecule has 1 aromatic heterocycles. The summed E-state index contributed by atoms with van der Waals surface area (Å²) < 4.78 is 41.3. The molecule has 0 spiro atoms. The Kier molecular flexibility index (Phi) is 5.15. The lowest BCUT2D eigenvalue weighted by molar-refractivity contribution is -0.138. The minimum atomic E-state index is -4.39. The number of rotatable bonds is 4. The first-order chi connectivity index (χ1) is 13.7. The molecule has 0 atom stereocenters. The van der Waals surface area contributed by atoms with E-state index in [9.17, 15) is 13.2 Å². The van der Waals surface area contributed by atoms with E-state index in [1.165, 1.54) is 6.07 Å². The molecule has 1 aliphatic carbocycles. The molecule has 2 aromatic carbocycles. The largest absolute Gasteiger partial charge is 0.416 e. The zero-order chi connectivity index (χ0) is 20.6. The molecular formula is C23H26F3N3. The molecule has 4 rings (SSSR count). The van der Waals surface area contributed by atoms with Crippen LogP contribution in [0.3, 0.4) is 0 Å². The monoisotopic (exact) mass is 401 g/mol. The summed E-state index contributed by atoms with van der Waals surface area (Å²) in [7, 11) is 0. The predicted molar refractivity (Wildman–Crippen MR) is 109 cm³/mol. The van der Waals surface area contributed by atoms with Gasteiger partial charge in [0, 0.05) is 12.6 Å². The maximum Gasteiger partial charge on any atom is 0.416 e. The van der Waals surface area contributed by atoms with Crippen LogP contribution in [0.15, 0.2) is 42.7 Å². The molecule has 0 aliphatic heterocycles. The van der Waals surface area contributed by atoms with E-state index < -0.39 is 11.7 Å². The van der Waals surface area contributed by atoms with Gasteiger partial charge in [-0.15, -0.1) is 0 Å². The molecular weight excluding hydrogens is 375 g/mol. The number of halogens is 3. The van der Waals surface area contributed by atoms with E-state index in [1.54, 1.807) is 24.5 Å². The summed E-state index contributed by atoms with van der Waals surface area (Å²) in [4.78, 5) is 7.16. The van der Waals surface area contributed by atoms with Crippen LogP contribution in [0.2, 0.25) is 0 Å². The molecule has 6 heteroatoms.